The summed E-state index contributed by atoms with van der Waals surface area (Å²) >= 11 is 6.05. The first-order valence-corrected chi connectivity index (χ1v) is 10.5. The highest BCUT2D eigenvalue weighted by molar-refractivity contribution is 6.30. The van der Waals surface area contributed by atoms with Gasteiger partial charge in [-0.3, -0.25) is 14.6 Å². The van der Waals surface area contributed by atoms with Crippen LogP contribution < -0.4 is 0 Å². The van der Waals surface area contributed by atoms with Crippen LogP contribution in [-0.4, -0.2) is 71.4 Å². The number of rotatable bonds is 5. The molecule has 2 aliphatic heterocycles. The van der Waals surface area contributed by atoms with Crippen LogP contribution in [0.5, 0.6) is 0 Å². The summed E-state index contributed by atoms with van der Waals surface area (Å²) in [5.41, 5.74) is 0.937. The summed E-state index contributed by atoms with van der Waals surface area (Å²) in [5, 5.41) is 0.686. The topological polar surface area (TPSA) is 52.8 Å². The van der Waals surface area contributed by atoms with Gasteiger partial charge in [0, 0.05) is 49.9 Å². The van der Waals surface area contributed by atoms with Crippen molar-refractivity contribution < 1.29 is 9.21 Å². The molecule has 2 aromatic rings. The third-order valence-corrected chi connectivity index (χ3v) is 5.79. The number of carbonyl (C=O) groups is 1. The number of aromatic nitrogens is 1. The van der Waals surface area contributed by atoms with Crippen molar-refractivity contribution in [2.45, 2.75) is 25.8 Å². The Kier molecular flexibility index (Phi) is 6.29. The Morgan fingerprint density at radius 1 is 1.04 bits per heavy atom. The number of piperidine rings is 1. The normalized spacial score (nSPS) is 19.1. The van der Waals surface area contributed by atoms with E-state index >= 15 is 0 Å². The van der Waals surface area contributed by atoms with E-state index in [9.17, 15) is 4.79 Å². The van der Waals surface area contributed by atoms with Gasteiger partial charge >= 0.3 is 0 Å². The largest absolute Gasteiger partial charge is 0.439 e. The predicted octanol–water partition coefficient (Wildman–Crippen LogP) is 3.13. The van der Waals surface area contributed by atoms with Gasteiger partial charge in [-0.15, -0.1) is 0 Å². The van der Waals surface area contributed by atoms with Crippen molar-refractivity contribution in [2.24, 2.45) is 0 Å². The molecule has 3 heterocycles. The molecule has 0 saturated carbocycles. The molecule has 6 nitrogen and oxygen atoms in total. The number of oxazole rings is 1. The molecule has 150 valence electrons. The van der Waals surface area contributed by atoms with Gasteiger partial charge in [0.05, 0.1) is 19.3 Å². The zero-order valence-corrected chi connectivity index (χ0v) is 16.9. The fourth-order valence-corrected chi connectivity index (χ4v) is 4.08. The van der Waals surface area contributed by atoms with Crippen LogP contribution in [0, 0.1) is 0 Å². The summed E-state index contributed by atoms with van der Waals surface area (Å²) in [4.78, 5) is 23.5. The quantitative estimate of drug-likeness (QED) is 0.769. The van der Waals surface area contributed by atoms with Crippen LogP contribution in [0.25, 0.3) is 11.3 Å². The zero-order chi connectivity index (χ0) is 19.3. The van der Waals surface area contributed by atoms with Crippen molar-refractivity contribution >= 4 is 17.5 Å². The summed E-state index contributed by atoms with van der Waals surface area (Å²) in [6, 6.07) is 7.60. The molecule has 2 saturated heterocycles. The maximum Gasteiger partial charge on any atom is 0.236 e. The number of amides is 1. The van der Waals surface area contributed by atoms with E-state index in [-0.39, 0.29) is 5.91 Å². The van der Waals surface area contributed by atoms with Gasteiger partial charge in [-0.25, -0.2) is 4.98 Å². The molecule has 0 spiro atoms. The number of nitrogens with zero attached hydrogens (tertiary/aromatic N) is 4. The lowest BCUT2D eigenvalue weighted by Gasteiger charge is -2.35. The molecule has 0 aliphatic carbocycles. The summed E-state index contributed by atoms with van der Waals surface area (Å²) in [6.45, 7) is 6.74. The van der Waals surface area contributed by atoms with Crippen LogP contribution in [0.4, 0.5) is 0 Å². The number of hydrogen-bond donors (Lipinski definition) is 0. The minimum Gasteiger partial charge on any atom is -0.439 e. The molecule has 1 aromatic heterocycles. The average Bonchev–Trinajstić information content (AvgIpc) is 3.19. The highest BCUT2D eigenvalue weighted by Gasteiger charge is 2.23. The lowest BCUT2D eigenvalue weighted by molar-refractivity contribution is -0.133. The van der Waals surface area contributed by atoms with Gasteiger partial charge in [-0.1, -0.05) is 23.7 Å². The van der Waals surface area contributed by atoms with E-state index < -0.39 is 0 Å². The smallest absolute Gasteiger partial charge is 0.236 e. The number of carbonyl (C=O) groups excluding carboxylic acids is 1. The van der Waals surface area contributed by atoms with Crippen LogP contribution in [0.2, 0.25) is 5.02 Å². The van der Waals surface area contributed by atoms with Crippen LogP contribution in [-0.2, 0) is 11.3 Å². The Morgan fingerprint density at radius 3 is 2.54 bits per heavy atom. The first-order chi connectivity index (χ1) is 13.7. The second-order valence-corrected chi connectivity index (χ2v) is 8.06. The molecule has 28 heavy (non-hydrogen) atoms. The summed E-state index contributed by atoms with van der Waals surface area (Å²) in [7, 11) is 0. The van der Waals surface area contributed by atoms with Crippen LogP contribution in [0.15, 0.2) is 34.9 Å². The second kappa shape index (κ2) is 9.07. The van der Waals surface area contributed by atoms with Crippen molar-refractivity contribution in [3.05, 3.63) is 41.4 Å². The van der Waals surface area contributed by atoms with Crippen LogP contribution in [0.3, 0.4) is 0 Å². The van der Waals surface area contributed by atoms with Gasteiger partial charge in [-0.2, -0.15) is 0 Å². The minimum atomic E-state index is 0.284. The summed E-state index contributed by atoms with van der Waals surface area (Å²) < 4.78 is 5.91. The lowest BCUT2D eigenvalue weighted by Crippen LogP contribution is -2.50. The van der Waals surface area contributed by atoms with E-state index in [0.29, 0.717) is 24.0 Å². The standard InChI is InChI=1S/C21H27ClN4O2/c22-18-6-4-5-17(13-18)19-14-23-20(28-19)15-24-9-11-25(12-10-24)16-21(27)26-7-2-1-3-8-26/h4-6,13-14H,1-3,7-12,15-16H2. The lowest BCUT2D eigenvalue weighted by atomic mass is 10.1. The molecule has 0 N–H and O–H groups in total. The number of benzene rings is 1. The maximum absolute atomic E-state index is 12.4. The minimum absolute atomic E-state index is 0.284. The molecular formula is C21H27ClN4O2. The van der Waals surface area contributed by atoms with Gasteiger partial charge in [0.15, 0.2) is 5.76 Å². The molecule has 0 radical (unpaired) electrons. The van der Waals surface area contributed by atoms with Crippen LogP contribution in [0.1, 0.15) is 25.2 Å². The summed E-state index contributed by atoms with van der Waals surface area (Å²) in [6.07, 6.45) is 5.30. The average molecular weight is 403 g/mol. The molecule has 4 rings (SSSR count). The van der Waals surface area contributed by atoms with E-state index in [4.69, 9.17) is 16.0 Å². The predicted molar refractivity (Wildman–Crippen MR) is 109 cm³/mol. The van der Waals surface area contributed by atoms with Gasteiger partial charge in [-0.05, 0) is 31.4 Å². The SMILES string of the molecule is O=C(CN1CCN(Cc2ncc(-c3cccc(Cl)c3)o2)CC1)N1CCCCC1. The van der Waals surface area contributed by atoms with Gasteiger partial charge < -0.3 is 9.32 Å². The number of halogens is 1. The molecule has 2 aliphatic rings. The van der Waals surface area contributed by atoms with Crippen molar-refractivity contribution in [1.82, 2.24) is 19.7 Å². The van der Waals surface area contributed by atoms with Gasteiger partial charge in [0.2, 0.25) is 11.8 Å². The van der Waals surface area contributed by atoms with E-state index in [2.05, 4.69) is 14.8 Å². The van der Waals surface area contributed by atoms with E-state index in [1.807, 2.05) is 29.2 Å². The molecule has 1 amide bonds. The molecule has 7 heteroatoms. The highest BCUT2D eigenvalue weighted by Crippen LogP contribution is 2.24. The second-order valence-electron chi connectivity index (χ2n) is 7.62. The fourth-order valence-electron chi connectivity index (χ4n) is 3.89. The monoisotopic (exact) mass is 402 g/mol. The molecular weight excluding hydrogens is 376 g/mol. The Hall–Kier alpha value is -1.89. The Morgan fingerprint density at radius 2 is 1.79 bits per heavy atom. The summed E-state index contributed by atoms with van der Waals surface area (Å²) in [5.74, 6) is 1.74. The molecule has 2 fully saturated rings. The number of piperazine rings is 1. The Labute approximate surface area is 171 Å². The Balaban J connectivity index is 1.25. The van der Waals surface area contributed by atoms with Crippen molar-refractivity contribution in [2.75, 3.05) is 45.8 Å². The van der Waals surface area contributed by atoms with Crippen molar-refractivity contribution in [3.8, 4) is 11.3 Å². The van der Waals surface area contributed by atoms with Crippen LogP contribution >= 0.6 is 11.6 Å². The molecule has 0 atom stereocenters. The maximum atomic E-state index is 12.4. The fraction of sp³-hybridized carbons (Fsp3) is 0.524. The van der Waals surface area contributed by atoms with E-state index in [1.165, 1.54) is 6.42 Å². The first-order valence-electron chi connectivity index (χ1n) is 10.1. The van der Waals surface area contributed by atoms with Crippen molar-refractivity contribution in [1.29, 1.82) is 0 Å². The Bertz CT molecular complexity index is 795. The zero-order valence-electron chi connectivity index (χ0n) is 16.1. The molecule has 0 unspecified atom stereocenters. The third kappa shape index (κ3) is 4.93. The van der Waals surface area contributed by atoms with Gasteiger partial charge in [0.1, 0.15) is 0 Å². The first kappa shape index (κ1) is 19.4. The van der Waals surface area contributed by atoms with Crippen molar-refractivity contribution in [3.63, 3.8) is 0 Å². The molecule has 0 bridgehead atoms. The van der Waals surface area contributed by atoms with E-state index in [1.54, 1.807) is 6.20 Å². The molecule has 1 aromatic carbocycles. The highest BCUT2D eigenvalue weighted by atomic mass is 35.5. The third-order valence-electron chi connectivity index (χ3n) is 5.55. The number of hydrogen-bond acceptors (Lipinski definition) is 5. The van der Waals surface area contributed by atoms with E-state index in [0.717, 1.165) is 63.4 Å². The van der Waals surface area contributed by atoms with Gasteiger partial charge in [0.25, 0.3) is 0 Å². The number of likely N-dealkylation sites (tertiary alicyclic amines) is 1.